The van der Waals surface area contributed by atoms with Crippen LogP contribution in [0.25, 0.3) is 5.76 Å². The summed E-state index contributed by atoms with van der Waals surface area (Å²) in [6.45, 7) is 5.54. The Kier molecular flexibility index (Phi) is 7.76. The topological polar surface area (TPSA) is 79.3 Å². The van der Waals surface area contributed by atoms with E-state index in [4.69, 9.17) is 9.47 Å². The maximum Gasteiger partial charge on any atom is 0.295 e. The number of carbonyl (C=O) groups is 2. The Hall–Kier alpha value is -3.32. The van der Waals surface area contributed by atoms with Crippen LogP contribution in [0.1, 0.15) is 31.0 Å². The van der Waals surface area contributed by atoms with Crippen LogP contribution in [0.5, 0.6) is 11.5 Å². The fourth-order valence-electron chi connectivity index (χ4n) is 3.73. The highest BCUT2D eigenvalue weighted by Crippen LogP contribution is 2.40. The first-order valence-electron chi connectivity index (χ1n) is 11.0. The zero-order valence-electron chi connectivity index (χ0n) is 19.9. The largest absolute Gasteiger partial charge is 0.507 e. The second-order valence-electron chi connectivity index (χ2n) is 8.81. The highest BCUT2D eigenvalue weighted by Gasteiger charge is 2.46. The van der Waals surface area contributed by atoms with Crippen LogP contribution in [0.4, 0.5) is 0 Å². The summed E-state index contributed by atoms with van der Waals surface area (Å²) in [5.41, 5.74) is 1.18. The molecule has 1 aliphatic heterocycles. The van der Waals surface area contributed by atoms with Gasteiger partial charge in [0.25, 0.3) is 11.7 Å². The van der Waals surface area contributed by atoms with E-state index in [1.807, 2.05) is 38.9 Å². The lowest BCUT2D eigenvalue weighted by atomic mass is 9.95. The normalized spacial score (nSPS) is 17.8. The minimum absolute atomic E-state index is 0.0630. The molecule has 0 radical (unpaired) electrons. The molecule has 1 atom stereocenters. The van der Waals surface area contributed by atoms with Gasteiger partial charge in [0.15, 0.2) is 0 Å². The van der Waals surface area contributed by atoms with Gasteiger partial charge in [0, 0.05) is 18.7 Å². The molecule has 176 valence electrons. The van der Waals surface area contributed by atoms with Gasteiger partial charge in [0.2, 0.25) is 0 Å². The van der Waals surface area contributed by atoms with E-state index in [2.05, 4.69) is 0 Å². The second-order valence-corrected chi connectivity index (χ2v) is 8.81. The molecule has 1 N–H and O–H groups in total. The van der Waals surface area contributed by atoms with Crippen molar-refractivity contribution in [3.8, 4) is 11.5 Å². The lowest BCUT2D eigenvalue weighted by molar-refractivity contribution is -0.140. The van der Waals surface area contributed by atoms with Crippen molar-refractivity contribution in [3.05, 3.63) is 65.2 Å². The van der Waals surface area contributed by atoms with Crippen molar-refractivity contribution in [1.82, 2.24) is 9.80 Å². The van der Waals surface area contributed by atoms with E-state index in [0.717, 1.165) is 0 Å². The molecule has 0 spiro atoms. The number of carbonyl (C=O) groups excluding carboxylic acids is 2. The Labute approximate surface area is 195 Å². The van der Waals surface area contributed by atoms with E-state index < -0.39 is 17.7 Å². The number of Topliss-reactive ketones (excluding diaryl/α,β-unsaturated/α-hetero) is 1. The van der Waals surface area contributed by atoms with E-state index >= 15 is 0 Å². The molecule has 7 heteroatoms. The summed E-state index contributed by atoms with van der Waals surface area (Å²) in [6, 6.07) is 13.4. The minimum Gasteiger partial charge on any atom is -0.507 e. The number of aliphatic hydroxyl groups excluding tert-OH is 1. The first-order valence-corrected chi connectivity index (χ1v) is 11.0. The average Bonchev–Trinajstić information content (AvgIpc) is 3.06. The third-order valence-electron chi connectivity index (χ3n) is 5.43. The van der Waals surface area contributed by atoms with Crippen molar-refractivity contribution >= 4 is 17.4 Å². The minimum atomic E-state index is -0.722. The maximum atomic E-state index is 13.1. The monoisotopic (exact) mass is 452 g/mol. The van der Waals surface area contributed by atoms with Gasteiger partial charge in [-0.25, -0.2) is 0 Å². The zero-order chi connectivity index (χ0) is 24.1. The summed E-state index contributed by atoms with van der Waals surface area (Å²) in [7, 11) is 5.37. The number of benzene rings is 2. The zero-order valence-corrected chi connectivity index (χ0v) is 19.9. The van der Waals surface area contributed by atoms with Crippen molar-refractivity contribution in [2.24, 2.45) is 5.92 Å². The van der Waals surface area contributed by atoms with Crippen molar-refractivity contribution in [2.45, 2.75) is 19.9 Å². The fourth-order valence-corrected chi connectivity index (χ4v) is 3.73. The third kappa shape index (κ3) is 5.54. The van der Waals surface area contributed by atoms with Crippen LogP contribution in [0.3, 0.4) is 0 Å². The lowest BCUT2D eigenvalue weighted by Crippen LogP contribution is -2.35. The number of hydrogen-bond donors (Lipinski definition) is 1. The molecule has 3 rings (SSSR count). The number of rotatable bonds is 9. The number of likely N-dealkylation sites (tertiary alicyclic amines) is 1. The number of methoxy groups -OCH3 is 1. The molecule has 1 aliphatic rings. The third-order valence-corrected chi connectivity index (χ3v) is 5.43. The quantitative estimate of drug-likeness (QED) is 0.355. The Morgan fingerprint density at radius 3 is 2.45 bits per heavy atom. The van der Waals surface area contributed by atoms with Gasteiger partial charge >= 0.3 is 0 Å². The Morgan fingerprint density at radius 2 is 1.79 bits per heavy atom. The molecule has 33 heavy (non-hydrogen) atoms. The van der Waals surface area contributed by atoms with Gasteiger partial charge in [-0.3, -0.25) is 9.59 Å². The first kappa shape index (κ1) is 24.3. The van der Waals surface area contributed by atoms with Gasteiger partial charge in [-0.2, -0.15) is 0 Å². The number of nitrogens with zero attached hydrogens (tertiary/aromatic N) is 2. The summed E-state index contributed by atoms with van der Waals surface area (Å²) >= 11 is 0. The molecule has 1 fully saturated rings. The van der Waals surface area contributed by atoms with Crippen LogP contribution in [0, 0.1) is 5.92 Å². The molecule has 2 aromatic rings. The molecule has 1 saturated heterocycles. The smallest absolute Gasteiger partial charge is 0.295 e. The lowest BCUT2D eigenvalue weighted by Gasteiger charge is -2.26. The highest BCUT2D eigenvalue weighted by atomic mass is 16.5. The van der Waals surface area contributed by atoms with E-state index in [1.165, 1.54) is 4.90 Å². The first-order chi connectivity index (χ1) is 15.7. The molecule has 0 aliphatic carbocycles. The van der Waals surface area contributed by atoms with Crippen LogP contribution >= 0.6 is 0 Å². The van der Waals surface area contributed by atoms with Crippen molar-refractivity contribution < 1.29 is 24.2 Å². The number of hydrogen-bond acceptors (Lipinski definition) is 6. The van der Waals surface area contributed by atoms with E-state index in [9.17, 15) is 14.7 Å². The van der Waals surface area contributed by atoms with Crippen molar-refractivity contribution in [3.63, 3.8) is 0 Å². The molecule has 2 aromatic carbocycles. The molecule has 1 amide bonds. The van der Waals surface area contributed by atoms with Crippen LogP contribution in [0.15, 0.2) is 54.1 Å². The molecule has 7 nitrogen and oxygen atoms in total. The van der Waals surface area contributed by atoms with Gasteiger partial charge < -0.3 is 24.4 Å². The number of likely N-dealkylation sites (N-methyl/N-ethyl adjacent to an activating group) is 1. The van der Waals surface area contributed by atoms with Crippen molar-refractivity contribution in [1.29, 1.82) is 0 Å². The molecule has 0 saturated carbocycles. The van der Waals surface area contributed by atoms with Crippen molar-refractivity contribution in [2.75, 3.05) is 40.9 Å². The van der Waals surface area contributed by atoms with Crippen LogP contribution in [-0.4, -0.2) is 67.5 Å². The molecular formula is C26H32N2O5. The number of ether oxygens (including phenoxy) is 2. The Balaban J connectivity index is 2.10. The van der Waals surface area contributed by atoms with Crippen LogP contribution in [0.2, 0.25) is 0 Å². The number of amides is 1. The van der Waals surface area contributed by atoms with Crippen LogP contribution < -0.4 is 9.47 Å². The van der Waals surface area contributed by atoms with E-state index in [1.54, 1.807) is 49.6 Å². The van der Waals surface area contributed by atoms with Gasteiger partial charge in [-0.15, -0.1) is 0 Å². The summed E-state index contributed by atoms with van der Waals surface area (Å²) in [6.07, 6.45) is 0. The standard InChI is InChI=1S/C26H32N2O5/c1-17(2)16-33-21-11-7-9-19(15-21)24(29)22-23(18-8-6-10-20(14-18)32-5)28(13-12-27(3)4)26(31)25(22)30/h6-11,14-15,17,23,29H,12-13,16H2,1-5H3/b24-22-. The number of ketones is 1. The number of aliphatic hydroxyl groups is 1. The maximum absolute atomic E-state index is 13.1. The predicted octanol–water partition coefficient (Wildman–Crippen LogP) is 3.71. The summed E-state index contributed by atoms with van der Waals surface area (Å²) in [5, 5.41) is 11.2. The highest BCUT2D eigenvalue weighted by molar-refractivity contribution is 6.46. The SMILES string of the molecule is COc1cccc(C2/C(=C(/O)c3cccc(OCC(C)C)c3)C(=O)C(=O)N2CCN(C)C)c1. The second kappa shape index (κ2) is 10.5. The van der Waals surface area contributed by atoms with Gasteiger partial charge in [-0.1, -0.05) is 38.1 Å². The summed E-state index contributed by atoms with van der Waals surface area (Å²) < 4.78 is 11.1. The van der Waals surface area contributed by atoms with E-state index in [-0.39, 0.29) is 11.3 Å². The molecule has 0 bridgehead atoms. The average molecular weight is 453 g/mol. The van der Waals surface area contributed by atoms with E-state index in [0.29, 0.717) is 48.2 Å². The summed E-state index contributed by atoms with van der Waals surface area (Å²) in [4.78, 5) is 29.6. The van der Waals surface area contributed by atoms with Gasteiger partial charge in [0.1, 0.15) is 17.3 Å². The molecule has 1 heterocycles. The Bertz CT molecular complexity index is 1040. The van der Waals surface area contributed by atoms with Gasteiger partial charge in [-0.05, 0) is 49.8 Å². The fraction of sp³-hybridized carbons (Fsp3) is 0.385. The van der Waals surface area contributed by atoms with Gasteiger partial charge in [0.05, 0.1) is 25.3 Å². The molecule has 1 unspecified atom stereocenters. The Morgan fingerprint density at radius 1 is 1.09 bits per heavy atom. The predicted molar refractivity (Wildman–Crippen MR) is 127 cm³/mol. The molecule has 0 aromatic heterocycles. The summed E-state index contributed by atoms with van der Waals surface area (Å²) in [5.74, 6) is -0.00541. The van der Waals surface area contributed by atoms with Crippen LogP contribution in [-0.2, 0) is 9.59 Å². The molecular weight excluding hydrogens is 420 g/mol.